The number of anilines is 1. The van der Waals surface area contributed by atoms with Crippen molar-refractivity contribution in [2.75, 3.05) is 12.4 Å². The van der Waals surface area contributed by atoms with Gasteiger partial charge in [0.1, 0.15) is 5.75 Å². The Hall–Kier alpha value is -3.92. The summed E-state index contributed by atoms with van der Waals surface area (Å²) in [6.45, 7) is 6.71. The van der Waals surface area contributed by atoms with Crippen molar-refractivity contribution in [3.8, 4) is 5.75 Å². The molecule has 0 saturated carbocycles. The monoisotopic (exact) mass is 515 g/mol. The number of aromatic nitrogens is 6. The first-order valence-electron chi connectivity index (χ1n) is 12.2. The van der Waals surface area contributed by atoms with Gasteiger partial charge in [-0.05, 0) is 50.6 Å². The van der Waals surface area contributed by atoms with Gasteiger partial charge in [-0.1, -0.05) is 36.9 Å². The number of carbonyl (C=O) groups excluding carboxylic acids is 1. The maximum absolute atomic E-state index is 13.2. The summed E-state index contributed by atoms with van der Waals surface area (Å²) in [6, 6.07) is 17.3. The van der Waals surface area contributed by atoms with Gasteiger partial charge in [-0.2, -0.15) is 9.61 Å². The molecule has 3 aromatic heterocycles. The molecule has 37 heavy (non-hydrogen) atoms. The van der Waals surface area contributed by atoms with E-state index in [1.54, 1.807) is 17.7 Å². The van der Waals surface area contributed by atoms with E-state index in [1.165, 1.54) is 11.8 Å². The van der Waals surface area contributed by atoms with Gasteiger partial charge in [0, 0.05) is 35.8 Å². The van der Waals surface area contributed by atoms with Crippen molar-refractivity contribution >= 4 is 39.9 Å². The summed E-state index contributed by atoms with van der Waals surface area (Å²) >= 11 is 1.39. The third-order valence-electron chi connectivity index (χ3n) is 6.09. The molecule has 1 amide bonds. The highest BCUT2D eigenvalue weighted by Crippen LogP contribution is 2.29. The Morgan fingerprint density at radius 1 is 1.08 bits per heavy atom. The number of nitrogens with zero attached hydrogens (tertiary/aromatic N) is 6. The molecule has 0 radical (unpaired) electrons. The molecule has 0 aliphatic rings. The summed E-state index contributed by atoms with van der Waals surface area (Å²) in [5.41, 5.74) is 4.34. The molecular formula is C27H29N7O2S. The van der Waals surface area contributed by atoms with Crippen molar-refractivity contribution < 1.29 is 9.53 Å². The molecule has 3 heterocycles. The highest BCUT2D eigenvalue weighted by Gasteiger charge is 2.23. The number of hydrogen-bond donors (Lipinski definition) is 1. The van der Waals surface area contributed by atoms with Gasteiger partial charge < -0.3 is 10.1 Å². The summed E-state index contributed by atoms with van der Waals surface area (Å²) in [7, 11) is 1.60. The Kier molecular flexibility index (Phi) is 7.09. The Labute approximate surface area is 219 Å². The van der Waals surface area contributed by atoms with Crippen LogP contribution in [-0.2, 0) is 17.8 Å². The Morgan fingerprint density at radius 2 is 1.92 bits per heavy atom. The number of ether oxygens (including phenoxy) is 1. The minimum absolute atomic E-state index is 0.103. The number of para-hydroxylation sites is 1. The molecule has 0 spiro atoms. The number of fused-ring (bicyclic) bond motifs is 3. The minimum atomic E-state index is -0.370. The predicted octanol–water partition coefficient (Wildman–Crippen LogP) is 4.85. The fourth-order valence-corrected chi connectivity index (χ4v) is 5.20. The lowest BCUT2D eigenvalue weighted by Crippen LogP contribution is -2.25. The fourth-order valence-electron chi connectivity index (χ4n) is 4.24. The van der Waals surface area contributed by atoms with Crippen molar-refractivity contribution in [1.82, 2.24) is 29.4 Å². The predicted molar refractivity (Wildman–Crippen MR) is 145 cm³/mol. The van der Waals surface area contributed by atoms with Crippen molar-refractivity contribution in [1.29, 1.82) is 0 Å². The average Bonchev–Trinajstić information content (AvgIpc) is 3.48. The van der Waals surface area contributed by atoms with Crippen molar-refractivity contribution in [2.45, 2.75) is 50.6 Å². The van der Waals surface area contributed by atoms with Crippen LogP contribution in [0.1, 0.15) is 30.6 Å². The van der Waals surface area contributed by atoms with Crippen molar-refractivity contribution in [3.63, 3.8) is 0 Å². The van der Waals surface area contributed by atoms with Crippen LogP contribution in [0.5, 0.6) is 5.75 Å². The SMILES string of the molecule is CC[C@@H](Sc1nc2ccccc2c2nc(CCn3nc(C)cc3C)nn12)C(=O)Nc1cccc(OC)c1. The summed E-state index contributed by atoms with van der Waals surface area (Å²) in [4.78, 5) is 22.9. The van der Waals surface area contributed by atoms with Gasteiger partial charge in [-0.3, -0.25) is 9.48 Å². The van der Waals surface area contributed by atoms with Crippen LogP contribution in [-0.4, -0.2) is 47.6 Å². The van der Waals surface area contributed by atoms with Crippen LogP contribution in [0.2, 0.25) is 0 Å². The van der Waals surface area contributed by atoms with Gasteiger partial charge in [-0.15, -0.1) is 5.10 Å². The molecule has 0 unspecified atom stereocenters. The van der Waals surface area contributed by atoms with Crippen LogP contribution >= 0.6 is 11.8 Å². The average molecular weight is 516 g/mol. The molecule has 5 rings (SSSR count). The van der Waals surface area contributed by atoms with E-state index in [9.17, 15) is 4.79 Å². The standard InChI is InChI=1S/C27H29N7O2S/c1-5-23(26(35)28-19-9-8-10-20(16-19)36-4)37-27-29-22-12-7-6-11-21(22)25-30-24(32-34(25)27)13-14-33-18(3)15-17(2)31-33/h6-12,15-16,23H,5,13-14H2,1-4H3,(H,28,35)/t23-/m1/s1. The quantitative estimate of drug-likeness (QED) is 0.221. The Balaban J connectivity index is 1.44. The van der Waals surface area contributed by atoms with Gasteiger partial charge in [0.15, 0.2) is 16.6 Å². The first kappa shape index (κ1) is 24.8. The molecular weight excluding hydrogens is 486 g/mol. The zero-order valence-corrected chi connectivity index (χ0v) is 22.1. The zero-order chi connectivity index (χ0) is 25.9. The Bertz CT molecular complexity index is 1580. The molecule has 0 bridgehead atoms. The lowest BCUT2D eigenvalue weighted by Gasteiger charge is -2.15. The third-order valence-corrected chi connectivity index (χ3v) is 7.40. The second-order valence-corrected chi connectivity index (χ2v) is 9.98. The number of carbonyl (C=O) groups is 1. The molecule has 2 aromatic carbocycles. The summed E-state index contributed by atoms with van der Waals surface area (Å²) in [5, 5.41) is 13.5. The molecule has 1 N–H and O–H groups in total. The van der Waals surface area contributed by atoms with Gasteiger partial charge in [0.2, 0.25) is 5.91 Å². The smallest absolute Gasteiger partial charge is 0.237 e. The van der Waals surface area contributed by atoms with Crippen molar-refractivity contribution in [2.24, 2.45) is 0 Å². The molecule has 5 aromatic rings. The molecule has 0 fully saturated rings. The number of thioether (sulfide) groups is 1. The maximum atomic E-state index is 13.2. The van der Waals surface area contributed by atoms with Gasteiger partial charge in [-0.25, -0.2) is 9.97 Å². The summed E-state index contributed by atoms with van der Waals surface area (Å²) in [5.74, 6) is 1.29. The van der Waals surface area contributed by atoms with E-state index in [-0.39, 0.29) is 11.2 Å². The number of methoxy groups -OCH3 is 1. The van der Waals surface area contributed by atoms with E-state index in [1.807, 2.05) is 67.9 Å². The first-order valence-corrected chi connectivity index (χ1v) is 13.1. The van der Waals surface area contributed by atoms with Crippen LogP contribution in [0.15, 0.2) is 59.8 Å². The second kappa shape index (κ2) is 10.6. The molecule has 190 valence electrons. The van der Waals surface area contributed by atoms with Gasteiger partial charge >= 0.3 is 0 Å². The van der Waals surface area contributed by atoms with Crippen LogP contribution in [0.25, 0.3) is 16.6 Å². The zero-order valence-electron chi connectivity index (χ0n) is 21.3. The topological polar surface area (TPSA) is 99.2 Å². The van der Waals surface area contributed by atoms with Crippen LogP contribution in [0.4, 0.5) is 5.69 Å². The largest absolute Gasteiger partial charge is 0.497 e. The van der Waals surface area contributed by atoms with Gasteiger partial charge in [0.05, 0.1) is 23.6 Å². The molecule has 10 heteroatoms. The van der Waals surface area contributed by atoms with Gasteiger partial charge in [0.25, 0.3) is 0 Å². The number of rotatable bonds is 9. The van der Waals surface area contributed by atoms with E-state index in [2.05, 4.69) is 16.5 Å². The summed E-state index contributed by atoms with van der Waals surface area (Å²) < 4.78 is 9.02. The molecule has 0 aliphatic carbocycles. The second-order valence-electron chi connectivity index (χ2n) is 8.81. The number of benzene rings is 2. The van der Waals surface area contributed by atoms with E-state index < -0.39 is 0 Å². The van der Waals surface area contributed by atoms with E-state index in [4.69, 9.17) is 19.8 Å². The highest BCUT2D eigenvalue weighted by atomic mass is 32.2. The molecule has 0 aliphatic heterocycles. The maximum Gasteiger partial charge on any atom is 0.237 e. The Morgan fingerprint density at radius 3 is 2.68 bits per heavy atom. The van der Waals surface area contributed by atoms with Crippen LogP contribution < -0.4 is 10.1 Å². The third kappa shape index (κ3) is 5.29. The van der Waals surface area contributed by atoms with E-state index >= 15 is 0 Å². The number of hydrogen-bond acceptors (Lipinski definition) is 7. The molecule has 1 atom stereocenters. The lowest BCUT2D eigenvalue weighted by molar-refractivity contribution is -0.115. The summed E-state index contributed by atoms with van der Waals surface area (Å²) in [6.07, 6.45) is 1.26. The fraction of sp³-hybridized carbons (Fsp3) is 0.296. The van der Waals surface area contributed by atoms with Crippen molar-refractivity contribution in [3.05, 3.63) is 71.8 Å². The first-order chi connectivity index (χ1) is 17.9. The number of amides is 1. The normalized spacial score (nSPS) is 12.2. The number of nitrogens with one attached hydrogen (secondary N) is 1. The van der Waals surface area contributed by atoms with E-state index in [0.717, 1.165) is 27.9 Å². The molecule has 9 nitrogen and oxygen atoms in total. The van der Waals surface area contributed by atoms with Crippen LogP contribution in [0.3, 0.4) is 0 Å². The number of aryl methyl sites for hydroxylation is 4. The van der Waals surface area contributed by atoms with Crippen LogP contribution in [0, 0.1) is 13.8 Å². The molecule has 0 saturated heterocycles. The lowest BCUT2D eigenvalue weighted by atomic mass is 10.2. The van der Waals surface area contributed by atoms with E-state index in [0.29, 0.717) is 41.8 Å². The minimum Gasteiger partial charge on any atom is -0.497 e. The highest BCUT2D eigenvalue weighted by molar-refractivity contribution is 8.00.